The highest BCUT2D eigenvalue weighted by Gasteiger charge is 2.21. The van der Waals surface area contributed by atoms with Crippen molar-refractivity contribution in [3.05, 3.63) is 28.5 Å². The largest absolute Gasteiger partial charge is 0.391 e. The van der Waals surface area contributed by atoms with E-state index >= 15 is 0 Å². The Morgan fingerprint density at radius 3 is 3.00 bits per heavy atom. The zero-order valence-corrected chi connectivity index (χ0v) is 9.62. The lowest BCUT2D eigenvalue weighted by molar-refractivity contribution is 0.102. The number of pyridine rings is 1. The van der Waals surface area contributed by atoms with Crippen molar-refractivity contribution in [2.75, 3.05) is 5.88 Å². The second kappa shape index (κ2) is 4.28. The molecule has 0 bridgehead atoms. The van der Waals surface area contributed by atoms with E-state index in [9.17, 15) is 0 Å². The zero-order chi connectivity index (χ0) is 9.97. The van der Waals surface area contributed by atoms with E-state index in [1.165, 1.54) is 0 Å². The molecule has 0 fully saturated rings. The van der Waals surface area contributed by atoms with Crippen molar-refractivity contribution in [1.82, 2.24) is 4.98 Å². The molecule has 3 nitrogen and oxygen atoms in total. The van der Waals surface area contributed by atoms with Crippen LogP contribution in [0.5, 0.6) is 0 Å². The van der Waals surface area contributed by atoms with Gasteiger partial charge in [0.15, 0.2) is 0 Å². The Kier molecular flexibility index (Phi) is 3.03. The summed E-state index contributed by atoms with van der Waals surface area (Å²) in [5, 5.41) is 3.94. The van der Waals surface area contributed by atoms with E-state index in [4.69, 9.17) is 16.4 Å². The fourth-order valence-electron chi connectivity index (χ4n) is 1.21. The summed E-state index contributed by atoms with van der Waals surface area (Å²) in [7, 11) is 0. The maximum absolute atomic E-state index is 5.66. The van der Waals surface area contributed by atoms with Crippen LogP contribution in [-0.2, 0) is 4.84 Å². The van der Waals surface area contributed by atoms with Gasteiger partial charge in [0.25, 0.3) is 0 Å². The van der Waals surface area contributed by atoms with E-state index in [0.29, 0.717) is 5.88 Å². The van der Waals surface area contributed by atoms with Crippen LogP contribution in [0.2, 0.25) is 0 Å². The van der Waals surface area contributed by atoms with Gasteiger partial charge in [-0.3, -0.25) is 4.98 Å². The van der Waals surface area contributed by atoms with Crippen LogP contribution >= 0.6 is 27.5 Å². The van der Waals surface area contributed by atoms with Gasteiger partial charge in [0.2, 0.25) is 0 Å². The molecule has 0 radical (unpaired) electrons. The maximum Gasteiger partial charge on any atom is 0.146 e. The molecular weight excluding hydrogens is 267 g/mol. The molecule has 0 unspecified atom stereocenters. The molecule has 74 valence electrons. The minimum atomic E-state index is -0.00267. The predicted molar refractivity (Wildman–Crippen MR) is 58.7 cm³/mol. The van der Waals surface area contributed by atoms with Crippen LogP contribution in [0.1, 0.15) is 12.1 Å². The number of alkyl halides is 1. The Morgan fingerprint density at radius 1 is 1.57 bits per heavy atom. The topological polar surface area (TPSA) is 34.5 Å². The number of halogens is 2. The van der Waals surface area contributed by atoms with E-state index in [2.05, 4.69) is 26.1 Å². The lowest BCUT2D eigenvalue weighted by atomic mass is 10.1. The van der Waals surface area contributed by atoms with Crippen molar-refractivity contribution in [2.24, 2.45) is 5.16 Å². The van der Waals surface area contributed by atoms with Crippen LogP contribution in [-0.4, -0.2) is 22.7 Å². The van der Waals surface area contributed by atoms with E-state index in [1.54, 1.807) is 6.20 Å². The molecule has 1 atom stereocenters. The highest BCUT2D eigenvalue weighted by Crippen LogP contribution is 2.17. The Hall–Kier alpha value is -0.610. The van der Waals surface area contributed by atoms with Crippen molar-refractivity contribution in [2.45, 2.75) is 12.5 Å². The lowest BCUT2D eigenvalue weighted by Gasteiger charge is -2.00. The van der Waals surface area contributed by atoms with Gasteiger partial charge in [-0.2, -0.15) is 0 Å². The summed E-state index contributed by atoms with van der Waals surface area (Å²) in [4.78, 5) is 9.33. The van der Waals surface area contributed by atoms with E-state index in [1.807, 2.05) is 12.1 Å². The summed E-state index contributed by atoms with van der Waals surface area (Å²) in [6.45, 7) is 0. The van der Waals surface area contributed by atoms with E-state index in [0.717, 1.165) is 22.3 Å². The maximum atomic E-state index is 5.66. The molecule has 0 saturated carbocycles. The SMILES string of the molecule is ClC[C@H]1CC(c2ccc(Br)cn2)=NO1. The van der Waals surface area contributed by atoms with Crippen LogP contribution in [0.3, 0.4) is 0 Å². The van der Waals surface area contributed by atoms with Crippen molar-refractivity contribution in [1.29, 1.82) is 0 Å². The molecule has 0 spiro atoms. The molecule has 0 aliphatic carbocycles. The smallest absolute Gasteiger partial charge is 0.146 e. The number of aromatic nitrogens is 1. The Balaban J connectivity index is 2.13. The summed E-state index contributed by atoms with van der Waals surface area (Å²) in [6, 6.07) is 3.84. The predicted octanol–water partition coefficient (Wildman–Crippen LogP) is 2.58. The number of nitrogens with zero attached hydrogens (tertiary/aromatic N) is 2. The normalized spacial score (nSPS) is 20.4. The first-order valence-corrected chi connectivity index (χ1v) is 5.53. The second-order valence-electron chi connectivity index (χ2n) is 2.99. The molecule has 0 saturated heterocycles. The summed E-state index contributed by atoms with van der Waals surface area (Å²) < 4.78 is 0.953. The second-order valence-corrected chi connectivity index (χ2v) is 4.21. The van der Waals surface area contributed by atoms with Crippen molar-refractivity contribution in [3.63, 3.8) is 0 Å². The first-order chi connectivity index (χ1) is 6.79. The van der Waals surface area contributed by atoms with Gasteiger partial charge >= 0.3 is 0 Å². The average molecular weight is 276 g/mol. The molecular formula is C9H8BrClN2O. The van der Waals surface area contributed by atoms with E-state index in [-0.39, 0.29) is 6.10 Å². The van der Waals surface area contributed by atoms with Gasteiger partial charge in [0.1, 0.15) is 11.8 Å². The molecule has 5 heteroatoms. The number of oxime groups is 1. The highest BCUT2D eigenvalue weighted by atomic mass is 79.9. The monoisotopic (exact) mass is 274 g/mol. The number of rotatable bonds is 2. The first kappa shape index (κ1) is 9.93. The third-order valence-corrected chi connectivity index (χ3v) is 2.74. The fraction of sp³-hybridized carbons (Fsp3) is 0.333. The molecule has 0 N–H and O–H groups in total. The Bertz CT molecular complexity index is 352. The molecule has 1 aliphatic rings. The van der Waals surface area contributed by atoms with Crippen LogP contribution < -0.4 is 0 Å². The van der Waals surface area contributed by atoms with Crippen LogP contribution in [0.4, 0.5) is 0 Å². The van der Waals surface area contributed by atoms with Crippen LogP contribution in [0.25, 0.3) is 0 Å². The van der Waals surface area contributed by atoms with Crippen molar-refractivity contribution >= 4 is 33.2 Å². The van der Waals surface area contributed by atoms with E-state index < -0.39 is 0 Å². The minimum absolute atomic E-state index is 0.00267. The van der Waals surface area contributed by atoms with Crippen molar-refractivity contribution < 1.29 is 4.84 Å². The van der Waals surface area contributed by atoms with Gasteiger partial charge in [0, 0.05) is 17.1 Å². The molecule has 1 aromatic heterocycles. The molecule has 2 heterocycles. The molecule has 0 aromatic carbocycles. The zero-order valence-electron chi connectivity index (χ0n) is 7.28. The number of hydrogen-bond acceptors (Lipinski definition) is 3. The van der Waals surface area contributed by atoms with Crippen LogP contribution in [0, 0.1) is 0 Å². The van der Waals surface area contributed by atoms with Gasteiger partial charge < -0.3 is 4.84 Å². The first-order valence-electron chi connectivity index (χ1n) is 4.20. The standard InChI is InChI=1S/C9H8BrClN2O/c10-6-1-2-8(12-5-6)9-3-7(4-11)14-13-9/h1-2,5,7H,3-4H2/t7-/m1/s1. The molecule has 2 rings (SSSR count). The highest BCUT2D eigenvalue weighted by molar-refractivity contribution is 9.10. The van der Waals surface area contributed by atoms with Gasteiger partial charge in [-0.1, -0.05) is 5.16 Å². The Labute approximate surface area is 95.2 Å². The van der Waals surface area contributed by atoms with Gasteiger partial charge in [-0.05, 0) is 28.1 Å². The quantitative estimate of drug-likeness (QED) is 0.778. The molecule has 1 aromatic rings. The molecule has 14 heavy (non-hydrogen) atoms. The summed E-state index contributed by atoms with van der Waals surface area (Å²) in [6.07, 6.45) is 2.47. The third-order valence-electron chi connectivity index (χ3n) is 1.93. The summed E-state index contributed by atoms with van der Waals surface area (Å²) >= 11 is 8.98. The number of hydrogen-bond donors (Lipinski definition) is 0. The average Bonchev–Trinajstić information content (AvgIpc) is 2.67. The lowest BCUT2D eigenvalue weighted by Crippen LogP contribution is -2.10. The van der Waals surface area contributed by atoms with Crippen LogP contribution in [0.15, 0.2) is 28.0 Å². The minimum Gasteiger partial charge on any atom is -0.391 e. The summed E-state index contributed by atoms with van der Waals surface area (Å²) in [5.41, 5.74) is 1.71. The van der Waals surface area contributed by atoms with Gasteiger partial charge in [-0.15, -0.1) is 11.6 Å². The van der Waals surface area contributed by atoms with Gasteiger partial charge in [0.05, 0.1) is 11.6 Å². The molecule has 1 aliphatic heterocycles. The van der Waals surface area contributed by atoms with Gasteiger partial charge in [-0.25, -0.2) is 0 Å². The third kappa shape index (κ3) is 2.07. The Morgan fingerprint density at radius 2 is 2.43 bits per heavy atom. The summed E-state index contributed by atoms with van der Waals surface area (Å²) in [5.74, 6) is 0.462. The van der Waals surface area contributed by atoms with Crippen molar-refractivity contribution in [3.8, 4) is 0 Å². The fourth-order valence-corrected chi connectivity index (χ4v) is 1.61. The molecule has 0 amide bonds.